The van der Waals surface area contributed by atoms with Gasteiger partial charge in [-0.3, -0.25) is 4.90 Å². The van der Waals surface area contributed by atoms with Crippen LogP contribution in [0.4, 0.5) is 4.79 Å². The number of nitrogens with one attached hydrogen (secondary N) is 1. The van der Waals surface area contributed by atoms with Crippen molar-refractivity contribution in [1.82, 2.24) is 20.0 Å². The number of nitrogens with zero attached hydrogens (tertiary/aromatic N) is 3. The quantitative estimate of drug-likeness (QED) is 0.853. The summed E-state index contributed by atoms with van der Waals surface area (Å²) in [6.07, 6.45) is 1.08. The van der Waals surface area contributed by atoms with Crippen LogP contribution in [0.3, 0.4) is 0 Å². The molecule has 1 aromatic carbocycles. The maximum atomic E-state index is 12.8. The van der Waals surface area contributed by atoms with Gasteiger partial charge in [-0.2, -0.15) is 0 Å². The Labute approximate surface area is 161 Å². The molecule has 2 unspecified atom stereocenters. The van der Waals surface area contributed by atoms with Crippen molar-refractivity contribution in [3.63, 3.8) is 0 Å². The number of carbonyl (C=O) groups excluding carboxylic acids is 1. The minimum atomic E-state index is 0.0986. The average Bonchev–Trinajstić information content (AvgIpc) is 3.03. The number of benzene rings is 1. The molecule has 2 atom stereocenters. The van der Waals surface area contributed by atoms with Crippen LogP contribution in [0, 0.1) is 0 Å². The van der Waals surface area contributed by atoms with Gasteiger partial charge in [0.25, 0.3) is 0 Å². The van der Waals surface area contributed by atoms with Gasteiger partial charge in [0.2, 0.25) is 0 Å². The van der Waals surface area contributed by atoms with E-state index < -0.39 is 0 Å². The zero-order valence-corrected chi connectivity index (χ0v) is 16.3. The fraction of sp³-hybridized carbons (Fsp3) is 0.650. The number of hydrogen-bond donors (Lipinski definition) is 1. The molecule has 3 aliphatic rings. The van der Waals surface area contributed by atoms with E-state index in [1.54, 1.807) is 0 Å². The van der Waals surface area contributed by atoms with Gasteiger partial charge in [0.1, 0.15) is 19.4 Å². The Hall–Kier alpha value is -1.99. The highest BCUT2D eigenvalue weighted by Crippen LogP contribution is 2.40. The normalized spacial score (nSPS) is 25.9. The highest BCUT2D eigenvalue weighted by molar-refractivity contribution is 5.77. The molecule has 0 saturated carbocycles. The van der Waals surface area contributed by atoms with E-state index in [0.717, 1.165) is 62.8 Å². The van der Waals surface area contributed by atoms with Gasteiger partial charge in [-0.15, -0.1) is 0 Å². The van der Waals surface area contributed by atoms with Crippen molar-refractivity contribution in [3.05, 3.63) is 23.8 Å². The molecule has 0 aromatic heterocycles. The lowest BCUT2D eigenvalue weighted by Crippen LogP contribution is -2.55. The zero-order chi connectivity index (χ0) is 18.8. The Morgan fingerprint density at radius 2 is 2.07 bits per heavy atom. The van der Waals surface area contributed by atoms with Crippen LogP contribution >= 0.6 is 0 Å². The molecule has 7 nitrogen and oxygen atoms in total. The molecule has 1 aromatic rings. The van der Waals surface area contributed by atoms with Crippen molar-refractivity contribution in [2.24, 2.45) is 0 Å². The summed E-state index contributed by atoms with van der Waals surface area (Å²) in [6.45, 7) is 10.4. The highest BCUT2D eigenvalue weighted by Gasteiger charge is 2.43. The van der Waals surface area contributed by atoms with E-state index in [9.17, 15) is 4.79 Å². The van der Waals surface area contributed by atoms with Gasteiger partial charge in [-0.1, -0.05) is 19.1 Å². The predicted molar refractivity (Wildman–Crippen MR) is 103 cm³/mol. The molecular weight excluding hydrogens is 344 g/mol. The predicted octanol–water partition coefficient (Wildman–Crippen LogP) is 1.90. The maximum Gasteiger partial charge on any atom is 0.321 e. The molecule has 0 radical (unpaired) electrons. The van der Waals surface area contributed by atoms with Gasteiger partial charge in [-0.05, 0) is 19.4 Å². The van der Waals surface area contributed by atoms with E-state index >= 15 is 0 Å². The molecule has 27 heavy (non-hydrogen) atoms. The SMILES string of the molecule is CCCN1CC(N2CCNCC2c2cccc3c2OCCO3)N(CC)C1=O. The molecule has 3 heterocycles. The lowest BCUT2D eigenvalue weighted by atomic mass is 10.0. The summed E-state index contributed by atoms with van der Waals surface area (Å²) in [4.78, 5) is 19.3. The van der Waals surface area contributed by atoms with E-state index in [-0.39, 0.29) is 18.2 Å². The number of likely N-dealkylation sites (N-methyl/N-ethyl adjacent to an activating group) is 1. The number of urea groups is 1. The first kappa shape index (κ1) is 18.4. The number of ether oxygens (including phenoxy) is 2. The van der Waals surface area contributed by atoms with Gasteiger partial charge in [0.05, 0.1) is 12.6 Å². The maximum absolute atomic E-state index is 12.8. The molecule has 3 aliphatic heterocycles. The first-order chi connectivity index (χ1) is 13.2. The van der Waals surface area contributed by atoms with Crippen LogP contribution in [0.2, 0.25) is 0 Å². The van der Waals surface area contributed by atoms with Crippen molar-refractivity contribution in [2.45, 2.75) is 32.5 Å². The number of fused-ring (bicyclic) bond motifs is 1. The smallest absolute Gasteiger partial charge is 0.321 e. The van der Waals surface area contributed by atoms with Gasteiger partial charge in [-0.25, -0.2) is 4.79 Å². The molecule has 4 rings (SSSR count). The summed E-state index contributed by atoms with van der Waals surface area (Å²) >= 11 is 0. The summed E-state index contributed by atoms with van der Waals surface area (Å²) in [6, 6.07) is 6.46. The largest absolute Gasteiger partial charge is 0.486 e. The van der Waals surface area contributed by atoms with Crippen LogP contribution in [-0.2, 0) is 0 Å². The monoisotopic (exact) mass is 374 g/mol. The van der Waals surface area contributed by atoms with Crippen molar-refractivity contribution >= 4 is 6.03 Å². The van der Waals surface area contributed by atoms with E-state index in [0.29, 0.717) is 13.2 Å². The van der Waals surface area contributed by atoms with Crippen LogP contribution in [0.1, 0.15) is 31.9 Å². The van der Waals surface area contributed by atoms with Gasteiger partial charge >= 0.3 is 6.03 Å². The molecule has 2 saturated heterocycles. The molecule has 2 amide bonds. The number of amides is 2. The molecule has 148 valence electrons. The Kier molecular flexibility index (Phi) is 5.41. The zero-order valence-electron chi connectivity index (χ0n) is 16.3. The van der Waals surface area contributed by atoms with E-state index in [4.69, 9.17) is 9.47 Å². The van der Waals surface area contributed by atoms with Crippen LogP contribution < -0.4 is 14.8 Å². The molecule has 0 spiro atoms. The van der Waals surface area contributed by atoms with E-state index in [2.05, 4.69) is 30.1 Å². The Morgan fingerprint density at radius 3 is 2.89 bits per heavy atom. The fourth-order valence-electron chi connectivity index (χ4n) is 4.49. The number of hydrogen-bond acceptors (Lipinski definition) is 5. The number of piperazine rings is 1. The van der Waals surface area contributed by atoms with Crippen LogP contribution in [-0.4, -0.2) is 79.4 Å². The molecular formula is C20H30N4O3. The third kappa shape index (κ3) is 3.34. The van der Waals surface area contributed by atoms with Crippen molar-refractivity contribution < 1.29 is 14.3 Å². The van der Waals surface area contributed by atoms with Crippen LogP contribution in [0.15, 0.2) is 18.2 Å². The molecule has 0 bridgehead atoms. The van der Waals surface area contributed by atoms with Crippen molar-refractivity contribution in [3.8, 4) is 11.5 Å². The minimum absolute atomic E-state index is 0.0986. The molecule has 7 heteroatoms. The average molecular weight is 374 g/mol. The number of carbonyl (C=O) groups is 1. The fourth-order valence-corrected chi connectivity index (χ4v) is 4.49. The van der Waals surface area contributed by atoms with Crippen LogP contribution in [0.25, 0.3) is 0 Å². The molecule has 2 fully saturated rings. The summed E-state index contributed by atoms with van der Waals surface area (Å²) < 4.78 is 11.8. The van der Waals surface area contributed by atoms with Gasteiger partial charge in [0.15, 0.2) is 11.5 Å². The third-order valence-corrected chi connectivity index (χ3v) is 5.72. The Bertz CT molecular complexity index is 683. The van der Waals surface area contributed by atoms with Crippen molar-refractivity contribution in [2.75, 3.05) is 52.5 Å². The standard InChI is InChI=1S/C20H30N4O3/c1-3-9-22-14-18(23(4-2)20(22)25)24-10-8-21-13-16(24)15-6-5-7-17-19(15)27-12-11-26-17/h5-7,16,18,21H,3-4,8-14H2,1-2H3. The second kappa shape index (κ2) is 7.94. The lowest BCUT2D eigenvalue weighted by molar-refractivity contribution is 0.0405. The van der Waals surface area contributed by atoms with E-state index in [1.807, 2.05) is 21.9 Å². The van der Waals surface area contributed by atoms with Crippen molar-refractivity contribution in [1.29, 1.82) is 0 Å². The van der Waals surface area contributed by atoms with E-state index in [1.165, 1.54) is 0 Å². The van der Waals surface area contributed by atoms with Crippen LogP contribution in [0.5, 0.6) is 11.5 Å². The second-order valence-electron chi connectivity index (χ2n) is 7.32. The molecule has 1 N–H and O–H groups in total. The highest BCUT2D eigenvalue weighted by atomic mass is 16.6. The Morgan fingerprint density at radius 1 is 1.22 bits per heavy atom. The first-order valence-corrected chi connectivity index (χ1v) is 10.1. The summed E-state index contributed by atoms with van der Waals surface area (Å²) in [7, 11) is 0. The summed E-state index contributed by atoms with van der Waals surface area (Å²) in [5, 5.41) is 3.52. The third-order valence-electron chi connectivity index (χ3n) is 5.72. The minimum Gasteiger partial charge on any atom is -0.486 e. The topological polar surface area (TPSA) is 57.3 Å². The lowest BCUT2D eigenvalue weighted by Gasteiger charge is -2.43. The summed E-state index contributed by atoms with van der Waals surface area (Å²) in [5.41, 5.74) is 1.15. The van der Waals surface area contributed by atoms with Gasteiger partial charge in [0, 0.05) is 38.3 Å². The second-order valence-corrected chi connectivity index (χ2v) is 7.32. The first-order valence-electron chi connectivity index (χ1n) is 10.1. The molecule has 0 aliphatic carbocycles. The number of rotatable bonds is 5. The number of para-hydroxylation sites is 1. The Balaban J connectivity index is 1.64. The summed E-state index contributed by atoms with van der Waals surface area (Å²) in [5.74, 6) is 1.69. The van der Waals surface area contributed by atoms with Gasteiger partial charge < -0.3 is 24.6 Å².